The van der Waals surface area contributed by atoms with Crippen LogP contribution in [0.1, 0.15) is 32.8 Å². The van der Waals surface area contributed by atoms with Gasteiger partial charge in [-0.1, -0.05) is 37.3 Å². The van der Waals surface area contributed by atoms with Gasteiger partial charge in [-0.15, -0.1) is 0 Å². The number of hydrogen-bond donors (Lipinski definition) is 0. The summed E-state index contributed by atoms with van der Waals surface area (Å²) >= 11 is 0. The largest absolute Gasteiger partial charge is 0.460 e. The van der Waals surface area contributed by atoms with Crippen molar-refractivity contribution in [3.05, 3.63) is 35.9 Å². The molecule has 4 nitrogen and oxygen atoms in total. The van der Waals surface area contributed by atoms with Crippen molar-refractivity contribution in [2.24, 2.45) is 11.8 Å². The summed E-state index contributed by atoms with van der Waals surface area (Å²) in [6.45, 7) is 7.21. The van der Waals surface area contributed by atoms with Crippen LogP contribution in [0, 0.1) is 11.8 Å². The topological polar surface area (TPSA) is 44.8 Å². The number of rotatable bonds is 7. The van der Waals surface area contributed by atoms with Gasteiger partial charge < -0.3 is 14.2 Å². The Balaban J connectivity index is 1.98. The smallest absolute Gasteiger partial charge is 0.314 e. The molecule has 1 aromatic rings. The van der Waals surface area contributed by atoms with Gasteiger partial charge >= 0.3 is 5.97 Å². The van der Waals surface area contributed by atoms with Crippen molar-refractivity contribution in [1.29, 1.82) is 0 Å². The van der Waals surface area contributed by atoms with Gasteiger partial charge in [0.05, 0.1) is 0 Å². The molecule has 0 amide bonds. The molecule has 4 heteroatoms. The monoisotopic (exact) mass is 292 g/mol. The molecule has 116 valence electrons. The summed E-state index contributed by atoms with van der Waals surface area (Å²) in [4.78, 5) is 12.3. The summed E-state index contributed by atoms with van der Waals surface area (Å²) in [6, 6.07) is 9.68. The number of ether oxygens (including phenoxy) is 3. The first-order valence-corrected chi connectivity index (χ1v) is 7.62. The lowest BCUT2D eigenvalue weighted by molar-refractivity contribution is -0.333. The molecule has 0 heterocycles. The van der Waals surface area contributed by atoms with Gasteiger partial charge in [0.25, 0.3) is 0 Å². The van der Waals surface area contributed by atoms with Crippen LogP contribution < -0.4 is 0 Å². The SMILES string of the molecule is CCOC1(OCC)[C@@H](C(=O)OCc2ccccc2)C[C@@H]1C. The maximum Gasteiger partial charge on any atom is 0.314 e. The minimum atomic E-state index is -0.808. The molecule has 1 saturated carbocycles. The van der Waals surface area contributed by atoms with Gasteiger partial charge in [0.2, 0.25) is 0 Å². The molecule has 1 aromatic carbocycles. The molecule has 1 aliphatic carbocycles. The van der Waals surface area contributed by atoms with E-state index < -0.39 is 5.79 Å². The molecule has 0 N–H and O–H groups in total. The Hall–Kier alpha value is -1.39. The molecule has 0 aromatic heterocycles. The first-order valence-electron chi connectivity index (χ1n) is 7.62. The van der Waals surface area contributed by atoms with E-state index in [1.165, 1.54) is 0 Å². The lowest BCUT2D eigenvalue weighted by atomic mass is 9.69. The van der Waals surface area contributed by atoms with E-state index in [9.17, 15) is 4.79 Å². The quantitative estimate of drug-likeness (QED) is 0.572. The first-order chi connectivity index (χ1) is 10.1. The molecular weight excluding hydrogens is 268 g/mol. The van der Waals surface area contributed by atoms with E-state index in [0.717, 1.165) is 12.0 Å². The van der Waals surface area contributed by atoms with Crippen LogP contribution in [0.4, 0.5) is 0 Å². The fraction of sp³-hybridized carbons (Fsp3) is 0.588. The van der Waals surface area contributed by atoms with Crippen molar-refractivity contribution in [1.82, 2.24) is 0 Å². The highest BCUT2D eigenvalue weighted by atomic mass is 16.7. The fourth-order valence-electron chi connectivity index (χ4n) is 2.93. The first kappa shape index (κ1) is 16.0. The van der Waals surface area contributed by atoms with Gasteiger partial charge in [0.15, 0.2) is 5.79 Å². The van der Waals surface area contributed by atoms with Crippen molar-refractivity contribution in [2.45, 2.75) is 39.6 Å². The number of hydrogen-bond acceptors (Lipinski definition) is 4. The molecule has 2 rings (SSSR count). The van der Waals surface area contributed by atoms with Crippen molar-refractivity contribution in [3.8, 4) is 0 Å². The number of esters is 1. The Kier molecular flexibility index (Phi) is 5.37. The molecule has 0 saturated heterocycles. The number of benzene rings is 1. The lowest BCUT2D eigenvalue weighted by Gasteiger charge is -2.51. The molecule has 0 unspecified atom stereocenters. The molecule has 2 atom stereocenters. The third kappa shape index (κ3) is 3.27. The fourth-order valence-corrected chi connectivity index (χ4v) is 2.93. The Morgan fingerprint density at radius 2 is 1.81 bits per heavy atom. The maximum atomic E-state index is 12.3. The highest BCUT2D eigenvalue weighted by Gasteiger charge is 2.59. The zero-order chi connectivity index (χ0) is 15.3. The molecule has 0 radical (unpaired) electrons. The molecule has 1 fully saturated rings. The van der Waals surface area contributed by atoms with Crippen LogP contribution in [0.15, 0.2) is 30.3 Å². The average Bonchev–Trinajstić information content (AvgIpc) is 2.51. The predicted molar refractivity (Wildman–Crippen MR) is 79.5 cm³/mol. The van der Waals surface area contributed by atoms with Crippen molar-refractivity contribution in [2.75, 3.05) is 13.2 Å². The van der Waals surface area contributed by atoms with Crippen LogP contribution in [0.2, 0.25) is 0 Å². The summed E-state index contributed by atoms with van der Waals surface area (Å²) in [5.74, 6) is -1.18. The highest BCUT2D eigenvalue weighted by Crippen LogP contribution is 2.48. The van der Waals surface area contributed by atoms with E-state index in [2.05, 4.69) is 0 Å². The average molecular weight is 292 g/mol. The zero-order valence-electron chi connectivity index (χ0n) is 13.0. The van der Waals surface area contributed by atoms with Gasteiger partial charge in [-0.2, -0.15) is 0 Å². The molecule has 0 bridgehead atoms. The van der Waals surface area contributed by atoms with E-state index in [1.54, 1.807) is 0 Å². The maximum absolute atomic E-state index is 12.3. The van der Waals surface area contributed by atoms with Gasteiger partial charge in [-0.25, -0.2) is 0 Å². The van der Waals surface area contributed by atoms with E-state index in [4.69, 9.17) is 14.2 Å². The predicted octanol–water partition coefficient (Wildman–Crippen LogP) is 3.16. The highest BCUT2D eigenvalue weighted by molar-refractivity contribution is 5.75. The second kappa shape index (κ2) is 7.05. The molecule has 0 spiro atoms. The van der Waals surface area contributed by atoms with Crippen LogP contribution in [0.25, 0.3) is 0 Å². The van der Waals surface area contributed by atoms with Crippen LogP contribution in [0.5, 0.6) is 0 Å². The van der Waals surface area contributed by atoms with E-state index in [0.29, 0.717) is 19.8 Å². The Labute approximate surface area is 126 Å². The Morgan fingerprint density at radius 3 is 2.33 bits per heavy atom. The lowest BCUT2D eigenvalue weighted by Crippen LogP contribution is -2.61. The van der Waals surface area contributed by atoms with Crippen LogP contribution in [-0.4, -0.2) is 25.0 Å². The van der Waals surface area contributed by atoms with Crippen LogP contribution in [-0.2, 0) is 25.6 Å². The minimum absolute atomic E-state index is 0.201. The normalized spacial score (nSPS) is 23.4. The van der Waals surface area contributed by atoms with E-state index >= 15 is 0 Å². The Morgan fingerprint density at radius 1 is 1.19 bits per heavy atom. The Bertz CT molecular complexity index is 451. The van der Waals surface area contributed by atoms with Crippen LogP contribution >= 0.6 is 0 Å². The van der Waals surface area contributed by atoms with Crippen molar-refractivity contribution < 1.29 is 19.0 Å². The second-order valence-corrected chi connectivity index (χ2v) is 5.37. The minimum Gasteiger partial charge on any atom is -0.460 e. The molecule has 1 aliphatic rings. The van der Waals surface area contributed by atoms with E-state index in [-0.39, 0.29) is 17.8 Å². The van der Waals surface area contributed by atoms with Gasteiger partial charge in [-0.05, 0) is 25.8 Å². The molecule has 0 aliphatic heterocycles. The third-order valence-electron chi connectivity index (χ3n) is 4.01. The third-order valence-corrected chi connectivity index (χ3v) is 4.01. The molecule has 21 heavy (non-hydrogen) atoms. The zero-order valence-corrected chi connectivity index (χ0v) is 13.0. The van der Waals surface area contributed by atoms with E-state index in [1.807, 2.05) is 51.1 Å². The van der Waals surface area contributed by atoms with Crippen molar-refractivity contribution >= 4 is 5.97 Å². The van der Waals surface area contributed by atoms with Gasteiger partial charge in [0, 0.05) is 19.1 Å². The number of carbonyl (C=O) groups is 1. The second-order valence-electron chi connectivity index (χ2n) is 5.37. The van der Waals surface area contributed by atoms with Crippen LogP contribution in [0.3, 0.4) is 0 Å². The summed E-state index contributed by atoms with van der Waals surface area (Å²) in [7, 11) is 0. The summed E-state index contributed by atoms with van der Waals surface area (Å²) < 4.78 is 17.0. The van der Waals surface area contributed by atoms with Crippen molar-refractivity contribution in [3.63, 3.8) is 0 Å². The number of carbonyl (C=O) groups excluding carboxylic acids is 1. The summed E-state index contributed by atoms with van der Waals surface area (Å²) in [5, 5.41) is 0. The van der Waals surface area contributed by atoms with Gasteiger partial charge in [0.1, 0.15) is 12.5 Å². The standard InChI is InChI=1S/C17H24O4/c1-4-20-17(21-5-2)13(3)11-15(17)16(18)19-12-14-9-7-6-8-10-14/h6-10,13,15H,4-5,11-12H2,1-3H3/t13-,15+/m0/s1. The molecular formula is C17H24O4. The summed E-state index contributed by atoms with van der Waals surface area (Å²) in [5.41, 5.74) is 0.983. The van der Waals surface area contributed by atoms with Gasteiger partial charge in [-0.3, -0.25) is 4.79 Å². The summed E-state index contributed by atoms with van der Waals surface area (Å²) in [6.07, 6.45) is 0.744.